The molecular weight excluding hydrogens is 474 g/mol. The molecule has 0 radical (unpaired) electrons. The van der Waals surface area contributed by atoms with E-state index in [1.807, 2.05) is 13.8 Å². The predicted molar refractivity (Wildman–Crippen MR) is 141 cm³/mol. The Balaban J connectivity index is 2.33. The van der Waals surface area contributed by atoms with Crippen molar-refractivity contribution in [2.24, 2.45) is 5.73 Å². The average molecular weight is 514 g/mol. The molecule has 3 amide bonds. The Kier molecular flexibility index (Phi) is 9.94. The molecule has 0 heterocycles. The van der Waals surface area contributed by atoms with E-state index >= 15 is 0 Å². The number of amides is 3. The van der Waals surface area contributed by atoms with E-state index in [2.05, 4.69) is 5.32 Å². The molecule has 202 valence electrons. The van der Waals surface area contributed by atoms with Gasteiger partial charge in [0.2, 0.25) is 11.8 Å². The molecule has 2 aromatic carbocycles. The Hall–Kier alpha value is -3.75. The van der Waals surface area contributed by atoms with Crippen LogP contribution in [0.5, 0.6) is 11.5 Å². The number of phenolic OH excluding ortho intramolecular Hbond substituents is 2. The quantitative estimate of drug-likeness (QED) is 0.383. The van der Waals surface area contributed by atoms with Crippen LogP contribution in [0.1, 0.15) is 56.4 Å². The van der Waals surface area contributed by atoms with Gasteiger partial charge in [-0.25, -0.2) is 4.79 Å². The van der Waals surface area contributed by atoms with Gasteiger partial charge in [-0.05, 0) is 101 Å². The Morgan fingerprint density at radius 2 is 1.59 bits per heavy atom. The number of nitrogens with two attached hydrogens (primary N) is 1. The molecule has 5 N–H and O–H groups in total. The van der Waals surface area contributed by atoms with Gasteiger partial charge in [-0.1, -0.05) is 12.1 Å². The highest BCUT2D eigenvalue weighted by atomic mass is 16.6. The maximum atomic E-state index is 13.8. The summed E-state index contributed by atoms with van der Waals surface area (Å²) < 4.78 is 5.40. The minimum absolute atomic E-state index is 0.111. The summed E-state index contributed by atoms with van der Waals surface area (Å²) in [5, 5.41) is 22.1. The second-order valence-corrected chi connectivity index (χ2v) is 10.3. The number of nitrogens with one attached hydrogen (secondary N) is 1. The van der Waals surface area contributed by atoms with Crippen molar-refractivity contribution >= 4 is 17.9 Å². The summed E-state index contributed by atoms with van der Waals surface area (Å²) in [6, 6.07) is 8.02. The summed E-state index contributed by atoms with van der Waals surface area (Å²) in [6.45, 7) is 10.6. The summed E-state index contributed by atoms with van der Waals surface area (Å²) in [7, 11) is 0. The molecular formula is C28H39N3O6. The van der Waals surface area contributed by atoms with Gasteiger partial charge < -0.3 is 30.9 Å². The van der Waals surface area contributed by atoms with E-state index < -0.39 is 35.6 Å². The Morgan fingerprint density at radius 3 is 2.11 bits per heavy atom. The topological polar surface area (TPSA) is 142 Å². The number of ether oxygens (including phenoxy) is 1. The van der Waals surface area contributed by atoms with E-state index in [4.69, 9.17) is 10.5 Å². The number of phenols is 2. The van der Waals surface area contributed by atoms with E-state index in [0.717, 1.165) is 22.3 Å². The lowest BCUT2D eigenvalue weighted by Crippen LogP contribution is -2.55. The van der Waals surface area contributed by atoms with Crippen LogP contribution in [0, 0.1) is 13.8 Å². The summed E-state index contributed by atoms with van der Waals surface area (Å²) in [6.07, 6.45) is 0.520. The van der Waals surface area contributed by atoms with E-state index in [1.165, 1.54) is 4.90 Å². The molecule has 0 bridgehead atoms. The van der Waals surface area contributed by atoms with Crippen molar-refractivity contribution in [1.82, 2.24) is 10.2 Å². The second kappa shape index (κ2) is 12.5. The number of rotatable bonds is 10. The molecule has 0 spiro atoms. The molecule has 0 aromatic heterocycles. The fraction of sp³-hybridized carbons (Fsp3) is 0.464. The lowest BCUT2D eigenvalue weighted by atomic mass is 9.95. The minimum atomic E-state index is -1.03. The normalized spacial score (nSPS) is 12.9. The van der Waals surface area contributed by atoms with Crippen molar-refractivity contribution in [2.75, 3.05) is 6.54 Å². The number of hydrogen-bond donors (Lipinski definition) is 4. The number of carbonyl (C=O) groups excluding carboxylic acids is 3. The molecule has 2 rings (SSSR count). The first-order valence-electron chi connectivity index (χ1n) is 12.3. The first-order chi connectivity index (χ1) is 17.2. The largest absolute Gasteiger partial charge is 0.508 e. The fourth-order valence-electron chi connectivity index (χ4n) is 4.11. The summed E-state index contributed by atoms with van der Waals surface area (Å²) in [5.41, 5.74) is 8.10. The van der Waals surface area contributed by atoms with Crippen LogP contribution in [0.15, 0.2) is 36.4 Å². The predicted octanol–water partition coefficient (Wildman–Crippen LogP) is 3.49. The lowest BCUT2D eigenvalue weighted by molar-refractivity contribution is -0.140. The highest BCUT2D eigenvalue weighted by Crippen LogP contribution is 2.23. The first kappa shape index (κ1) is 29.5. The third kappa shape index (κ3) is 9.00. The van der Waals surface area contributed by atoms with E-state index in [0.29, 0.717) is 12.8 Å². The van der Waals surface area contributed by atoms with Gasteiger partial charge in [0, 0.05) is 13.0 Å². The average Bonchev–Trinajstić information content (AvgIpc) is 2.77. The molecule has 0 saturated carbocycles. The zero-order valence-corrected chi connectivity index (χ0v) is 22.5. The van der Waals surface area contributed by atoms with Crippen LogP contribution < -0.4 is 11.1 Å². The maximum absolute atomic E-state index is 13.8. The molecule has 0 aliphatic rings. The number of primary amides is 1. The SMILES string of the molecule is Cc1cc(O)cc(C)c1CC(NC(=O)OC(C)(C)C)C(=O)N(CCCc1ccc(O)cc1)[C@H](C)C(N)=O. The van der Waals surface area contributed by atoms with Gasteiger partial charge in [0.15, 0.2) is 0 Å². The molecule has 0 aliphatic heterocycles. The van der Waals surface area contributed by atoms with Crippen LogP contribution >= 0.6 is 0 Å². The molecule has 1 unspecified atom stereocenters. The number of benzene rings is 2. The van der Waals surface area contributed by atoms with Gasteiger partial charge in [0.05, 0.1) is 0 Å². The van der Waals surface area contributed by atoms with E-state index in [-0.39, 0.29) is 24.5 Å². The molecule has 9 heteroatoms. The van der Waals surface area contributed by atoms with Crippen LogP contribution in [0.4, 0.5) is 4.79 Å². The van der Waals surface area contributed by atoms with Gasteiger partial charge in [0.25, 0.3) is 0 Å². The Bertz CT molecular complexity index is 1080. The third-order valence-electron chi connectivity index (χ3n) is 6.04. The van der Waals surface area contributed by atoms with Crippen molar-refractivity contribution in [3.63, 3.8) is 0 Å². The molecule has 0 aliphatic carbocycles. The number of hydrogen-bond acceptors (Lipinski definition) is 6. The first-order valence-corrected chi connectivity index (χ1v) is 12.3. The monoisotopic (exact) mass is 513 g/mol. The molecule has 0 saturated heterocycles. The van der Waals surface area contributed by atoms with Gasteiger partial charge in [0.1, 0.15) is 29.2 Å². The molecule has 0 fully saturated rings. The molecule has 2 atom stereocenters. The lowest BCUT2D eigenvalue weighted by Gasteiger charge is -2.32. The van der Waals surface area contributed by atoms with Crippen molar-refractivity contribution in [3.8, 4) is 11.5 Å². The van der Waals surface area contributed by atoms with Crippen molar-refractivity contribution in [2.45, 2.75) is 78.5 Å². The summed E-state index contributed by atoms with van der Waals surface area (Å²) in [4.78, 5) is 40.0. The van der Waals surface area contributed by atoms with Crippen LogP contribution in [-0.4, -0.2) is 57.3 Å². The summed E-state index contributed by atoms with van der Waals surface area (Å²) >= 11 is 0. The zero-order chi connectivity index (χ0) is 27.9. The number of nitrogens with zero attached hydrogens (tertiary/aromatic N) is 1. The number of alkyl carbamates (subject to hydrolysis) is 1. The van der Waals surface area contributed by atoms with Gasteiger partial charge >= 0.3 is 6.09 Å². The standard InChI is InChI=1S/C28H39N3O6/c1-17-14-22(33)15-18(2)23(17)16-24(30-27(36)37-28(4,5)6)26(35)31(19(3)25(29)34)13-7-8-20-9-11-21(32)12-10-20/h9-12,14-15,19,24,32-33H,7-8,13,16H2,1-6H3,(H2,29,34)(H,30,36)/t19-,24?/m1/s1. The van der Waals surface area contributed by atoms with Crippen LogP contribution in [0.25, 0.3) is 0 Å². The molecule has 9 nitrogen and oxygen atoms in total. The Labute approximate surface area is 218 Å². The van der Waals surface area contributed by atoms with Crippen molar-refractivity contribution in [3.05, 3.63) is 58.7 Å². The molecule has 2 aromatic rings. The second-order valence-electron chi connectivity index (χ2n) is 10.3. The van der Waals surface area contributed by atoms with Crippen molar-refractivity contribution in [1.29, 1.82) is 0 Å². The number of aromatic hydroxyl groups is 2. The highest BCUT2D eigenvalue weighted by Gasteiger charge is 2.33. The van der Waals surface area contributed by atoms with E-state index in [9.17, 15) is 24.6 Å². The number of carbonyl (C=O) groups is 3. The minimum Gasteiger partial charge on any atom is -0.508 e. The van der Waals surface area contributed by atoms with Gasteiger partial charge in [-0.3, -0.25) is 9.59 Å². The highest BCUT2D eigenvalue weighted by molar-refractivity contribution is 5.91. The van der Waals surface area contributed by atoms with E-state index in [1.54, 1.807) is 64.1 Å². The number of aryl methyl sites for hydroxylation is 3. The smallest absolute Gasteiger partial charge is 0.408 e. The Morgan fingerprint density at radius 1 is 1.03 bits per heavy atom. The zero-order valence-electron chi connectivity index (χ0n) is 22.5. The van der Waals surface area contributed by atoms with Crippen LogP contribution in [0.2, 0.25) is 0 Å². The van der Waals surface area contributed by atoms with Gasteiger partial charge in [-0.15, -0.1) is 0 Å². The molecule has 37 heavy (non-hydrogen) atoms. The van der Waals surface area contributed by atoms with Crippen molar-refractivity contribution < 1.29 is 29.3 Å². The summed E-state index contributed by atoms with van der Waals surface area (Å²) in [5.74, 6) is -0.848. The van der Waals surface area contributed by atoms with Gasteiger partial charge in [-0.2, -0.15) is 0 Å². The maximum Gasteiger partial charge on any atom is 0.408 e. The fourth-order valence-corrected chi connectivity index (χ4v) is 4.11. The third-order valence-corrected chi connectivity index (χ3v) is 6.04. The van der Waals surface area contributed by atoms with Crippen LogP contribution in [-0.2, 0) is 27.2 Å². The van der Waals surface area contributed by atoms with Crippen LogP contribution in [0.3, 0.4) is 0 Å².